The lowest BCUT2D eigenvalue weighted by Crippen LogP contribution is -2.36. The van der Waals surface area contributed by atoms with E-state index in [9.17, 15) is 4.79 Å². The van der Waals surface area contributed by atoms with Crippen LogP contribution in [0.4, 0.5) is 0 Å². The van der Waals surface area contributed by atoms with Gasteiger partial charge < -0.3 is 5.32 Å². The van der Waals surface area contributed by atoms with Crippen LogP contribution in [0.25, 0.3) is 0 Å². The number of hydrogen-bond acceptors (Lipinski definition) is 2. The molecule has 0 aliphatic carbocycles. The Morgan fingerprint density at radius 3 is 2.00 bits per heavy atom. The van der Waals surface area contributed by atoms with Crippen LogP contribution in [-0.2, 0) is 4.79 Å². The maximum absolute atomic E-state index is 12.2. The van der Waals surface area contributed by atoms with E-state index in [0.29, 0.717) is 29.5 Å². The fourth-order valence-corrected chi connectivity index (χ4v) is 2.72. The molecule has 129 valence electrons. The molecule has 0 heterocycles. The minimum Gasteiger partial charge on any atom is -0.345 e. The highest BCUT2D eigenvalue weighted by Crippen LogP contribution is 2.25. The van der Waals surface area contributed by atoms with Crippen molar-refractivity contribution in [2.24, 2.45) is 29.6 Å². The third-order valence-corrected chi connectivity index (χ3v) is 5.57. The number of rotatable bonds is 10. The molecule has 0 bridgehead atoms. The van der Waals surface area contributed by atoms with Gasteiger partial charge in [0.1, 0.15) is 7.28 Å². The summed E-state index contributed by atoms with van der Waals surface area (Å²) in [6, 6.07) is 0. The monoisotopic (exact) mass is 326 g/mol. The second-order valence-corrected chi connectivity index (χ2v) is 8.44. The van der Waals surface area contributed by atoms with Crippen molar-refractivity contribution < 1.29 is 4.79 Å². The Morgan fingerprint density at radius 1 is 1.00 bits per heavy atom. The highest BCUT2D eigenvalue weighted by molar-refractivity contribution is 7.81. The molecular weight excluding hydrogens is 289 g/mol. The summed E-state index contributed by atoms with van der Waals surface area (Å²) in [5, 5.41) is 2.96. The Morgan fingerprint density at radius 2 is 1.55 bits per heavy atom. The highest BCUT2D eigenvalue weighted by Gasteiger charge is 2.21. The zero-order valence-corrected chi connectivity index (χ0v) is 16.8. The van der Waals surface area contributed by atoms with Crippen molar-refractivity contribution in [1.82, 2.24) is 5.32 Å². The van der Waals surface area contributed by atoms with Crippen molar-refractivity contribution in [1.29, 1.82) is 0 Å². The number of thiol groups is 1. The first kappa shape index (κ1) is 21.9. The molecule has 0 saturated heterocycles. The van der Waals surface area contributed by atoms with Crippen molar-refractivity contribution in [3.63, 3.8) is 0 Å². The van der Waals surface area contributed by atoms with Gasteiger partial charge in [0.05, 0.1) is 5.37 Å². The largest absolute Gasteiger partial charge is 0.345 e. The van der Waals surface area contributed by atoms with E-state index in [0.717, 1.165) is 12.7 Å². The van der Waals surface area contributed by atoms with E-state index in [-0.39, 0.29) is 17.2 Å². The standard InChI is InChI=1S/C18H37BNOS/c1-11(2)13(5)9-14(6)18(21)20-17(22)10-19-16(8)15(7)12(3)4/h11-17,22H,9-10H2,1-8H3,(H,20,21). The third kappa shape index (κ3) is 8.50. The fourth-order valence-electron chi connectivity index (χ4n) is 2.47. The first-order valence-corrected chi connectivity index (χ1v) is 9.39. The fraction of sp³-hybridized carbons (Fsp3) is 0.944. The van der Waals surface area contributed by atoms with Crippen LogP contribution in [0.2, 0.25) is 12.1 Å². The van der Waals surface area contributed by atoms with E-state index in [1.54, 1.807) is 0 Å². The first-order chi connectivity index (χ1) is 10.1. The Labute approximate surface area is 145 Å². The van der Waals surface area contributed by atoms with Gasteiger partial charge in [-0.3, -0.25) is 4.79 Å². The van der Waals surface area contributed by atoms with Gasteiger partial charge in [-0.25, -0.2) is 0 Å². The molecule has 1 N–H and O–H groups in total. The van der Waals surface area contributed by atoms with Crippen molar-refractivity contribution in [2.45, 2.75) is 79.3 Å². The molecule has 4 heteroatoms. The van der Waals surface area contributed by atoms with Gasteiger partial charge in [-0.05, 0) is 30.1 Å². The van der Waals surface area contributed by atoms with Crippen LogP contribution < -0.4 is 5.32 Å². The molecule has 0 rings (SSSR count). The molecule has 5 unspecified atom stereocenters. The zero-order valence-electron chi connectivity index (χ0n) is 15.9. The molecule has 0 spiro atoms. The SMILES string of the molecule is CC(CC(C)C(C)C)C(=O)NC(S)C[B]C(C)C(C)C(C)C. The summed E-state index contributed by atoms with van der Waals surface area (Å²) in [6.45, 7) is 17.7. The predicted octanol–water partition coefficient (Wildman–Crippen LogP) is 4.90. The Kier molecular flexibility index (Phi) is 10.6. The van der Waals surface area contributed by atoms with E-state index in [2.05, 4.69) is 73.7 Å². The zero-order chi connectivity index (χ0) is 17.4. The minimum atomic E-state index is -0.0777. The Bertz CT molecular complexity index is 322. The van der Waals surface area contributed by atoms with E-state index in [4.69, 9.17) is 0 Å². The predicted molar refractivity (Wildman–Crippen MR) is 103 cm³/mol. The summed E-state index contributed by atoms with van der Waals surface area (Å²) < 4.78 is 0. The molecule has 2 nitrogen and oxygen atoms in total. The van der Waals surface area contributed by atoms with Gasteiger partial charge in [-0.2, -0.15) is 12.6 Å². The van der Waals surface area contributed by atoms with Gasteiger partial charge in [0.2, 0.25) is 5.91 Å². The number of carbonyl (C=O) groups is 1. The molecule has 0 saturated carbocycles. The normalized spacial score (nSPS) is 18.7. The highest BCUT2D eigenvalue weighted by atomic mass is 32.1. The van der Waals surface area contributed by atoms with Gasteiger partial charge in [-0.15, -0.1) is 0 Å². The molecular formula is C18H37BNOS. The van der Waals surface area contributed by atoms with Crippen molar-refractivity contribution in [2.75, 3.05) is 0 Å². The summed E-state index contributed by atoms with van der Waals surface area (Å²) in [4.78, 5) is 12.2. The number of carbonyl (C=O) groups excluding carboxylic acids is 1. The average molecular weight is 326 g/mol. The summed E-state index contributed by atoms with van der Waals surface area (Å²) in [6.07, 6.45) is 1.76. The first-order valence-electron chi connectivity index (χ1n) is 8.87. The maximum Gasteiger partial charge on any atom is 0.223 e. The minimum absolute atomic E-state index is 0.0547. The lowest BCUT2D eigenvalue weighted by Gasteiger charge is -2.25. The molecule has 0 fully saturated rings. The van der Waals surface area contributed by atoms with Crippen LogP contribution in [0.3, 0.4) is 0 Å². The van der Waals surface area contributed by atoms with Crippen LogP contribution in [-0.4, -0.2) is 18.6 Å². The molecule has 0 aliphatic heterocycles. The van der Waals surface area contributed by atoms with Crippen LogP contribution >= 0.6 is 12.6 Å². The van der Waals surface area contributed by atoms with Crippen molar-refractivity contribution in [3.05, 3.63) is 0 Å². The maximum atomic E-state index is 12.2. The van der Waals surface area contributed by atoms with E-state index >= 15 is 0 Å². The molecule has 1 radical (unpaired) electrons. The molecule has 5 atom stereocenters. The van der Waals surface area contributed by atoms with E-state index in [1.807, 2.05) is 6.92 Å². The van der Waals surface area contributed by atoms with Crippen LogP contribution in [0.15, 0.2) is 0 Å². The summed E-state index contributed by atoms with van der Waals surface area (Å²) in [5.41, 5.74) is 0. The van der Waals surface area contributed by atoms with E-state index in [1.165, 1.54) is 0 Å². The van der Waals surface area contributed by atoms with Crippen molar-refractivity contribution >= 4 is 25.8 Å². The Balaban J connectivity index is 4.15. The number of hydrogen-bond donors (Lipinski definition) is 2. The molecule has 0 aromatic heterocycles. The summed E-state index contributed by atoms with van der Waals surface area (Å²) >= 11 is 4.53. The smallest absolute Gasteiger partial charge is 0.223 e. The topological polar surface area (TPSA) is 29.1 Å². The van der Waals surface area contributed by atoms with Crippen LogP contribution in [0.5, 0.6) is 0 Å². The average Bonchev–Trinajstić information content (AvgIpc) is 2.43. The molecule has 0 aromatic carbocycles. The van der Waals surface area contributed by atoms with Gasteiger partial charge >= 0.3 is 0 Å². The molecule has 22 heavy (non-hydrogen) atoms. The van der Waals surface area contributed by atoms with E-state index < -0.39 is 0 Å². The number of amides is 1. The summed E-state index contributed by atoms with van der Waals surface area (Å²) in [5.74, 6) is 3.25. The summed E-state index contributed by atoms with van der Waals surface area (Å²) in [7, 11) is 2.30. The van der Waals surface area contributed by atoms with Crippen LogP contribution in [0, 0.1) is 29.6 Å². The Hall–Kier alpha value is -0.115. The quantitative estimate of drug-likeness (QED) is 0.334. The second kappa shape index (κ2) is 10.6. The third-order valence-electron chi connectivity index (χ3n) is 5.23. The number of nitrogens with one attached hydrogen (secondary N) is 1. The lowest BCUT2D eigenvalue weighted by molar-refractivity contribution is -0.125. The van der Waals surface area contributed by atoms with Crippen LogP contribution in [0.1, 0.15) is 61.8 Å². The molecule has 1 amide bonds. The molecule has 0 aromatic rings. The second-order valence-electron chi connectivity index (χ2n) is 7.82. The lowest BCUT2D eigenvalue weighted by atomic mass is 9.56. The van der Waals surface area contributed by atoms with Gasteiger partial charge in [0.25, 0.3) is 0 Å². The van der Waals surface area contributed by atoms with Gasteiger partial charge in [0.15, 0.2) is 0 Å². The van der Waals surface area contributed by atoms with Crippen molar-refractivity contribution in [3.8, 4) is 0 Å². The molecule has 0 aliphatic rings. The van der Waals surface area contributed by atoms with Gasteiger partial charge in [0, 0.05) is 5.92 Å². The van der Waals surface area contributed by atoms with Gasteiger partial charge in [-0.1, -0.05) is 67.5 Å².